The molecule has 1 fully saturated rings. The fourth-order valence-corrected chi connectivity index (χ4v) is 4.11. The van der Waals surface area contributed by atoms with Gasteiger partial charge in [0.1, 0.15) is 9.92 Å². The Balaban J connectivity index is 2.22. The molecule has 1 aliphatic heterocycles. The van der Waals surface area contributed by atoms with Crippen molar-refractivity contribution in [1.29, 1.82) is 4.78 Å². The second kappa shape index (κ2) is 4.02. The van der Waals surface area contributed by atoms with Crippen LogP contribution >= 0.6 is 23.5 Å². The number of thioether (sulfide) groups is 2. The van der Waals surface area contributed by atoms with E-state index in [4.69, 9.17) is 4.78 Å². The van der Waals surface area contributed by atoms with Crippen LogP contribution in [0.5, 0.6) is 0 Å². The quantitative estimate of drug-likeness (QED) is 0.733. The van der Waals surface area contributed by atoms with Crippen LogP contribution in [0, 0.1) is 4.78 Å². The molecule has 1 saturated heterocycles. The molecule has 3 nitrogen and oxygen atoms in total. The molecule has 1 heterocycles. The fraction of sp³-hybridized carbons (Fsp3) is 1.00. The van der Waals surface area contributed by atoms with Crippen LogP contribution in [0.15, 0.2) is 0 Å². The molecule has 1 unspecified atom stereocenters. The first-order valence-corrected chi connectivity index (χ1v) is 7.36. The maximum absolute atomic E-state index is 10.9. The minimum atomic E-state index is -2.49. The minimum Gasteiger partial charge on any atom is -0.241 e. The third-order valence-corrected chi connectivity index (χ3v) is 4.97. The third kappa shape index (κ3) is 4.25. The van der Waals surface area contributed by atoms with Gasteiger partial charge >= 0.3 is 0 Å². The molecule has 0 spiro atoms. The Morgan fingerprint density at radius 3 is 2.64 bits per heavy atom. The van der Waals surface area contributed by atoms with Gasteiger partial charge in [0.05, 0.1) is 4.58 Å². The predicted molar refractivity (Wildman–Crippen MR) is 53.5 cm³/mol. The smallest absolute Gasteiger partial charge is 0.102 e. The van der Waals surface area contributed by atoms with Gasteiger partial charge < -0.3 is 0 Å². The molecule has 0 amide bonds. The Labute approximate surface area is 76.2 Å². The zero-order valence-corrected chi connectivity index (χ0v) is 8.78. The summed E-state index contributed by atoms with van der Waals surface area (Å²) in [7, 11) is -2.49. The first kappa shape index (κ1) is 9.70. The average molecular weight is 212 g/mol. The van der Waals surface area contributed by atoms with Crippen LogP contribution in [0.25, 0.3) is 0 Å². The summed E-state index contributed by atoms with van der Waals surface area (Å²) in [4.78, 5) is 0. The summed E-state index contributed by atoms with van der Waals surface area (Å²) in [6.07, 6.45) is 1.41. The molecule has 1 rings (SSSR count). The van der Waals surface area contributed by atoms with Gasteiger partial charge in [0, 0.05) is 24.3 Å². The van der Waals surface area contributed by atoms with Crippen molar-refractivity contribution in [2.24, 2.45) is 0 Å². The average Bonchev–Trinajstić information content (AvgIpc) is 2.32. The number of hydrogen-bond acceptors (Lipinski definition) is 4. The summed E-state index contributed by atoms with van der Waals surface area (Å²) >= 11 is 3.75. The maximum Gasteiger partial charge on any atom is 0.102 e. The first-order valence-electron chi connectivity index (χ1n) is 3.29. The Hall–Kier alpha value is 0.610. The van der Waals surface area contributed by atoms with Gasteiger partial charge in [-0.05, 0) is 0 Å². The van der Waals surface area contributed by atoms with Crippen molar-refractivity contribution in [2.75, 3.05) is 24.3 Å². The zero-order chi connectivity index (χ0) is 8.32. The van der Waals surface area contributed by atoms with E-state index >= 15 is 0 Å². The molecule has 0 aromatic rings. The Bertz CT molecular complexity index is 208. The molecular formula is C5H12N2OS3. The van der Waals surface area contributed by atoms with Crippen LogP contribution in [-0.2, 0) is 9.92 Å². The highest BCUT2D eigenvalue weighted by Crippen LogP contribution is 2.30. The fourth-order valence-electron chi connectivity index (χ4n) is 0.752. The molecule has 1 atom stereocenters. The maximum atomic E-state index is 10.9. The summed E-state index contributed by atoms with van der Waals surface area (Å²) in [6, 6.07) is 0. The molecule has 0 aromatic carbocycles. The second-order valence-electron chi connectivity index (χ2n) is 2.36. The van der Waals surface area contributed by atoms with E-state index in [1.165, 1.54) is 17.8 Å². The molecule has 1 aliphatic rings. The second-order valence-corrected chi connectivity index (χ2v) is 7.26. The minimum absolute atomic E-state index is 0.501. The zero-order valence-electron chi connectivity index (χ0n) is 6.33. The molecule has 2 N–H and O–H groups in total. The van der Waals surface area contributed by atoms with Crippen LogP contribution in [-0.4, -0.2) is 33.1 Å². The standard InChI is InChI=1S/C5H12N2OS3/c1-11(6,8)7-4-5-9-2-3-10-5/h5H,2-4H2,1H3,(H2,6,7,8). The SMILES string of the molecule is CS(=N)(=O)NCC1SCCS1. The van der Waals surface area contributed by atoms with Gasteiger partial charge in [-0.1, -0.05) is 0 Å². The van der Waals surface area contributed by atoms with Gasteiger partial charge in [-0.15, -0.1) is 23.5 Å². The van der Waals surface area contributed by atoms with E-state index in [2.05, 4.69) is 4.72 Å². The third-order valence-electron chi connectivity index (χ3n) is 1.22. The van der Waals surface area contributed by atoms with E-state index in [0.29, 0.717) is 11.1 Å². The normalized spacial score (nSPS) is 25.2. The van der Waals surface area contributed by atoms with Crippen molar-refractivity contribution < 1.29 is 4.21 Å². The number of nitrogens with one attached hydrogen (secondary N) is 2. The Morgan fingerprint density at radius 2 is 2.18 bits per heavy atom. The lowest BCUT2D eigenvalue weighted by molar-refractivity contribution is 0.669. The summed E-state index contributed by atoms with van der Waals surface area (Å²) < 4.78 is 21.2. The Kier molecular flexibility index (Phi) is 3.54. The molecule has 0 aromatic heterocycles. The molecule has 0 aliphatic carbocycles. The molecule has 0 saturated carbocycles. The molecule has 66 valence electrons. The van der Waals surface area contributed by atoms with E-state index < -0.39 is 9.92 Å². The van der Waals surface area contributed by atoms with E-state index in [9.17, 15) is 4.21 Å². The molecule has 6 heteroatoms. The molecule has 0 bridgehead atoms. The summed E-state index contributed by atoms with van der Waals surface area (Å²) in [6.45, 7) is 0.689. The largest absolute Gasteiger partial charge is 0.241 e. The van der Waals surface area contributed by atoms with Crippen molar-refractivity contribution in [2.45, 2.75) is 4.58 Å². The highest BCUT2D eigenvalue weighted by molar-refractivity contribution is 8.20. The van der Waals surface area contributed by atoms with Crippen molar-refractivity contribution in [3.8, 4) is 0 Å². The van der Waals surface area contributed by atoms with Crippen LogP contribution in [0.1, 0.15) is 0 Å². The summed E-state index contributed by atoms with van der Waals surface area (Å²) in [5.74, 6) is 2.36. The monoisotopic (exact) mass is 212 g/mol. The number of rotatable bonds is 3. The van der Waals surface area contributed by atoms with Crippen LogP contribution in [0.4, 0.5) is 0 Å². The van der Waals surface area contributed by atoms with Gasteiger partial charge in [0.2, 0.25) is 0 Å². The molecular weight excluding hydrogens is 200 g/mol. The van der Waals surface area contributed by atoms with Gasteiger partial charge in [-0.3, -0.25) is 0 Å². The first-order chi connectivity index (χ1) is 5.08. The van der Waals surface area contributed by atoms with Gasteiger partial charge in [0.15, 0.2) is 0 Å². The lowest BCUT2D eigenvalue weighted by Gasteiger charge is -2.08. The summed E-state index contributed by atoms with van der Waals surface area (Å²) in [5, 5.41) is 0. The van der Waals surface area contributed by atoms with Gasteiger partial charge in [-0.25, -0.2) is 13.7 Å². The lowest BCUT2D eigenvalue weighted by Crippen LogP contribution is -2.26. The summed E-state index contributed by atoms with van der Waals surface area (Å²) in [5.41, 5.74) is 0. The van der Waals surface area contributed by atoms with Gasteiger partial charge in [-0.2, -0.15) is 0 Å². The molecule has 0 radical (unpaired) electrons. The van der Waals surface area contributed by atoms with Crippen molar-refractivity contribution in [1.82, 2.24) is 4.72 Å². The van der Waals surface area contributed by atoms with Crippen LogP contribution in [0.2, 0.25) is 0 Å². The van der Waals surface area contributed by atoms with Crippen LogP contribution < -0.4 is 4.72 Å². The molecule has 11 heavy (non-hydrogen) atoms. The highest BCUT2D eigenvalue weighted by Gasteiger charge is 2.16. The predicted octanol–water partition coefficient (Wildman–Crippen LogP) is 0.974. The van der Waals surface area contributed by atoms with Crippen molar-refractivity contribution in [3.05, 3.63) is 0 Å². The van der Waals surface area contributed by atoms with Gasteiger partial charge in [0.25, 0.3) is 0 Å². The Morgan fingerprint density at radius 1 is 1.64 bits per heavy atom. The van der Waals surface area contributed by atoms with Crippen molar-refractivity contribution in [3.63, 3.8) is 0 Å². The topological polar surface area (TPSA) is 53.0 Å². The number of hydrogen-bond donors (Lipinski definition) is 2. The van der Waals surface area contributed by atoms with Crippen LogP contribution in [0.3, 0.4) is 0 Å². The van der Waals surface area contributed by atoms with E-state index in [-0.39, 0.29) is 0 Å². The lowest BCUT2D eigenvalue weighted by atomic mass is 10.8. The van der Waals surface area contributed by atoms with E-state index in [1.807, 2.05) is 23.5 Å². The highest BCUT2D eigenvalue weighted by atomic mass is 32.2. The van der Waals surface area contributed by atoms with E-state index in [0.717, 1.165) is 0 Å². The van der Waals surface area contributed by atoms with Crippen molar-refractivity contribution >= 4 is 33.4 Å². The van der Waals surface area contributed by atoms with E-state index in [1.54, 1.807) is 0 Å².